The Kier molecular flexibility index (Phi) is 3.89. The zero-order chi connectivity index (χ0) is 13.9. The fourth-order valence-corrected chi connectivity index (χ4v) is 3.02. The Labute approximate surface area is 119 Å². The highest BCUT2D eigenvalue weighted by Crippen LogP contribution is 2.23. The van der Waals surface area contributed by atoms with Crippen molar-refractivity contribution in [1.82, 2.24) is 10.2 Å². The van der Waals surface area contributed by atoms with E-state index in [1.807, 2.05) is 30.3 Å². The van der Waals surface area contributed by atoms with Crippen molar-refractivity contribution in [2.45, 2.75) is 31.5 Å². The summed E-state index contributed by atoms with van der Waals surface area (Å²) in [4.78, 5) is 14.4. The van der Waals surface area contributed by atoms with E-state index in [0.717, 1.165) is 31.8 Å². The Bertz CT molecular complexity index is 465. The third kappa shape index (κ3) is 3.11. The van der Waals surface area contributed by atoms with Crippen molar-refractivity contribution < 1.29 is 9.53 Å². The monoisotopic (exact) mass is 275 g/mol. The lowest BCUT2D eigenvalue weighted by Crippen LogP contribution is -2.45. The number of morpholine rings is 1. The predicted octanol–water partition coefficient (Wildman–Crippen LogP) is 1.67. The zero-order valence-electron chi connectivity index (χ0n) is 11.7. The molecule has 3 rings (SSSR count). The summed E-state index contributed by atoms with van der Waals surface area (Å²) in [6.07, 6.45) is 1.26. The van der Waals surface area contributed by atoms with Gasteiger partial charge in [-0.05, 0) is 25.5 Å². The van der Waals surface area contributed by atoms with Crippen molar-refractivity contribution in [3.8, 4) is 0 Å². The van der Waals surface area contributed by atoms with Crippen molar-refractivity contribution >= 4 is 11.7 Å². The Hall–Kier alpha value is -1.59. The number of fused-ring (bicyclic) bond motifs is 1. The summed E-state index contributed by atoms with van der Waals surface area (Å²) in [6.45, 7) is 4.75. The van der Waals surface area contributed by atoms with Gasteiger partial charge >= 0.3 is 6.03 Å². The molecule has 0 saturated carbocycles. The molecule has 20 heavy (non-hydrogen) atoms. The highest BCUT2D eigenvalue weighted by atomic mass is 16.5. The third-order valence-corrected chi connectivity index (χ3v) is 3.96. The summed E-state index contributed by atoms with van der Waals surface area (Å²) in [6, 6.07) is 10.0. The Balaban J connectivity index is 1.50. The fraction of sp³-hybridized carbons (Fsp3) is 0.533. The van der Waals surface area contributed by atoms with Crippen LogP contribution in [0.2, 0.25) is 0 Å². The lowest BCUT2D eigenvalue weighted by Gasteiger charge is -2.33. The molecule has 0 unspecified atom stereocenters. The molecule has 0 bridgehead atoms. The summed E-state index contributed by atoms with van der Waals surface area (Å²) < 4.78 is 5.67. The molecule has 2 heterocycles. The smallest absolute Gasteiger partial charge is 0.319 e. The van der Waals surface area contributed by atoms with Crippen molar-refractivity contribution in [3.05, 3.63) is 30.3 Å². The first-order valence-corrected chi connectivity index (χ1v) is 7.19. The van der Waals surface area contributed by atoms with Gasteiger partial charge in [0.15, 0.2) is 0 Å². The van der Waals surface area contributed by atoms with Gasteiger partial charge in [-0.15, -0.1) is 0 Å². The minimum atomic E-state index is -0.130. The summed E-state index contributed by atoms with van der Waals surface area (Å²) in [5.41, 5.74) is 0.817. The molecule has 5 heteroatoms. The number of nitrogens with zero attached hydrogens (tertiary/aromatic N) is 1. The second kappa shape index (κ2) is 5.81. The molecule has 0 radical (unpaired) electrons. The molecule has 2 N–H and O–H groups in total. The normalized spacial score (nSPS) is 29.8. The number of benzene rings is 1. The maximum absolute atomic E-state index is 12.0. The van der Waals surface area contributed by atoms with Crippen LogP contribution < -0.4 is 10.6 Å². The minimum absolute atomic E-state index is 0.130. The number of rotatable bonds is 2. The summed E-state index contributed by atoms with van der Waals surface area (Å²) in [7, 11) is 0. The van der Waals surface area contributed by atoms with Gasteiger partial charge in [0.25, 0.3) is 0 Å². The van der Waals surface area contributed by atoms with E-state index in [1.54, 1.807) is 0 Å². The average molecular weight is 275 g/mol. The number of carbonyl (C=O) groups is 1. The van der Waals surface area contributed by atoms with Crippen LogP contribution >= 0.6 is 0 Å². The van der Waals surface area contributed by atoms with E-state index in [-0.39, 0.29) is 12.1 Å². The first kappa shape index (κ1) is 13.4. The number of carbonyl (C=O) groups excluding carboxylic acids is 1. The van der Waals surface area contributed by atoms with E-state index in [2.05, 4.69) is 22.5 Å². The van der Waals surface area contributed by atoms with Crippen LogP contribution in [0.25, 0.3) is 0 Å². The minimum Gasteiger partial charge on any atom is -0.376 e. The van der Waals surface area contributed by atoms with Gasteiger partial charge in [0.05, 0.1) is 12.7 Å². The van der Waals surface area contributed by atoms with Crippen LogP contribution in [0.15, 0.2) is 30.3 Å². The average Bonchev–Trinajstić information content (AvgIpc) is 2.80. The van der Waals surface area contributed by atoms with Crippen LogP contribution in [-0.4, -0.2) is 48.8 Å². The van der Waals surface area contributed by atoms with E-state index in [0.29, 0.717) is 12.1 Å². The van der Waals surface area contributed by atoms with Crippen molar-refractivity contribution in [3.63, 3.8) is 0 Å². The number of hydrogen-bond donors (Lipinski definition) is 2. The first-order chi connectivity index (χ1) is 9.70. The van der Waals surface area contributed by atoms with Gasteiger partial charge < -0.3 is 15.4 Å². The van der Waals surface area contributed by atoms with E-state index in [1.165, 1.54) is 0 Å². The highest BCUT2D eigenvalue weighted by Gasteiger charge is 2.36. The Morgan fingerprint density at radius 2 is 2.10 bits per heavy atom. The number of amides is 2. The molecule has 2 aliphatic rings. The van der Waals surface area contributed by atoms with Gasteiger partial charge in [-0.1, -0.05) is 18.2 Å². The number of urea groups is 1. The van der Waals surface area contributed by atoms with Crippen molar-refractivity contribution in [1.29, 1.82) is 0 Å². The lowest BCUT2D eigenvalue weighted by atomic mass is 10.1. The van der Waals surface area contributed by atoms with Crippen LogP contribution in [0.5, 0.6) is 0 Å². The third-order valence-electron chi connectivity index (χ3n) is 3.96. The SMILES string of the molecule is C[C@H]1CN2C[C@@H](NC(=O)Nc3ccccc3)C[C@H]2CO1. The Morgan fingerprint density at radius 3 is 2.90 bits per heavy atom. The van der Waals surface area contributed by atoms with Crippen molar-refractivity contribution in [2.75, 3.05) is 25.0 Å². The molecule has 2 amide bonds. The molecule has 1 aromatic rings. The molecule has 108 valence electrons. The van der Waals surface area contributed by atoms with Crippen LogP contribution in [0.3, 0.4) is 0 Å². The maximum Gasteiger partial charge on any atom is 0.319 e. The molecule has 2 fully saturated rings. The number of para-hydroxylation sites is 1. The van der Waals surface area contributed by atoms with Gasteiger partial charge in [-0.3, -0.25) is 4.90 Å². The summed E-state index contributed by atoms with van der Waals surface area (Å²) in [5, 5.41) is 5.91. The lowest BCUT2D eigenvalue weighted by molar-refractivity contribution is -0.0390. The van der Waals surface area contributed by atoms with E-state index >= 15 is 0 Å². The van der Waals surface area contributed by atoms with E-state index in [9.17, 15) is 4.79 Å². The number of nitrogens with one attached hydrogen (secondary N) is 2. The van der Waals surface area contributed by atoms with Crippen LogP contribution in [-0.2, 0) is 4.74 Å². The van der Waals surface area contributed by atoms with Gasteiger partial charge in [0.2, 0.25) is 0 Å². The largest absolute Gasteiger partial charge is 0.376 e. The number of anilines is 1. The standard InChI is InChI=1S/C15H21N3O2/c1-11-8-18-9-13(7-14(18)10-20-11)17-15(19)16-12-5-3-2-4-6-12/h2-6,11,13-14H,7-10H2,1H3,(H2,16,17,19)/t11-,13-,14-/m0/s1. The summed E-state index contributed by atoms with van der Waals surface area (Å²) in [5.74, 6) is 0. The highest BCUT2D eigenvalue weighted by molar-refractivity contribution is 5.89. The molecular formula is C15H21N3O2. The molecule has 2 saturated heterocycles. The molecular weight excluding hydrogens is 254 g/mol. The fourth-order valence-electron chi connectivity index (χ4n) is 3.02. The van der Waals surface area contributed by atoms with Gasteiger partial charge in [-0.25, -0.2) is 4.79 Å². The first-order valence-electron chi connectivity index (χ1n) is 7.19. The van der Waals surface area contributed by atoms with Crippen LogP contribution in [0, 0.1) is 0 Å². The van der Waals surface area contributed by atoms with E-state index < -0.39 is 0 Å². The van der Waals surface area contributed by atoms with Gasteiger partial charge in [-0.2, -0.15) is 0 Å². The summed E-state index contributed by atoms with van der Waals surface area (Å²) >= 11 is 0. The molecule has 0 aromatic heterocycles. The van der Waals surface area contributed by atoms with E-state index in [4.69, 9.17) is 4.74 Å². The number of hydrogen-bond acceptors (Lipinski definition) is 3. The molecule has 5 nitrogen and oxygen atoms in total. The molecule has 1 aromatic carbocycles. The zero-order valence-corrected chi connectivity index (χ0v) is 11.7. The molecule has 2 aliphatic heterocycles. The molecule has 0 aliphatic carbocycles. The maximum atomic E-state index is 12.0. The predicted molar refractivity (Wildman–Crippen MR) is 77.8 cm³/mol. The second-order valence-electron chi connectivity index (χ2n) is 5.65. The topological polar surface area (TPSA) is 53.6 Å². The quantitative estimate of drug-likeness (QED) is 0.863. The van der Waals surface area contributed by atoms with Crippen LogP contribution in [0.4, 0.5) is 10.5 Å². The molecule has 3 atom stereocenters. The number of ether oxygens (including phenoxy) is 1. The Morgan fingerprint density at radius 1 is 1.30 bits per heavy atom. The van der Waals surface area contributed by atoms with Gasteiger partial charge in [0, 0.05) is 30.9 Å². The molecule has 0 spiro atoms. The second-order valence-corrected chi connectivity index (χ2v) is 5.65. The van der Waals surface area contributed by atoms with Crippen LogP contribution in [0.1, 0.15) is 13.3 Å². The van der Waals surface area contributed by atoms with Gasteiger partial charge in [0.1, 0.15) is 0 Å². The van der Waals surface area contributed by atoms with Crippen molar-refractivity contribution in [2.24, 2.45) is 0 Å².